The highest BCUT2D eigenvalue weighted by molar-refractivity contribution is 7.89. The van der Waals surface area contributed by atoms with Gasteiger partial charge in [0.25, 0.3) is 0 Å². The molecule has 0 aromatic heterocycles. The average molecular weight is 310 g/mol. The van der Waals surface area contributed by atoms with Gasteiger partial charge in [-0.25, -0.2) is 12.7 Å². The molecule has 0 aromatic carbocycles. The molecule has 0 amide bonds. The summed E-state index contributed by atoms with van der Waals surface area (Å²) in [6, 6.07) is 2.01. The molecule has 8 heteroatoms. The summed E-state index contributed by atoms with van der Waals surface area (Å²) in [5.41, 5.74) is -0.796. The molecule has 0 spiro atoms. The fraction of sp³-hybridized carbons (Fsp3) is 0.917. The fourth-order valence-electron chi connectivity index (χ4n) is 2.65. The number of nitrogens with zero attached hydrogens (tertiary/aromatic N) is 2. The molecular weight excluding hydrogens is 293 g/mol. The first-order valence-electron chi connectivity index (χ1n) is 6.62. The molecule has 1 unspecified atom stereocenters. The van der Waals surface area contributed by atoms with Crippen LogP contribution in [0, 0.1) is 22.7 Å². The third-order valence-corrected chi connectivity index (χ3v) is 5.98. The largest absolute Gasteiger partial charge is 0.389 e. The van der Waals surface area contributed by atoms with Gasteiger partial charge in [0.05, 0.1) is 17.2 Å². The lowest BCUT2D eigenvalue weighted by molar-refractivity contribution is -0.146. The fourth-order valence-corrected chi connectivity index (χ4v) is 4.73. The Bertz CT molecular complexity index is 506. The van der Waals surface area contributed by atoms with Crippen molar-refractivity contribution < 1.29 is 21.6 Å². The molecule has 1 heterocycles. The van der Waals surface area contributed by atoms with Gasteiger partial charge in [0.2, 0.25) is 10.0 Å². The van der Waals surface area contributed by atoms with Crippen molar-refractivity contribution in [2.75, 3.05) is 18.8 Å². The molecule has 0 radical (unpaired) electrons. The van der Waals surface area contributed by atoms with E-state index in [4.69, 9.17) is 5.26 Å². The van der Waals surface area contributed by atoms with Crippen LogP contribution in [0.1, 0.15) is 32.1 Å². The second-order valence-corrected chi connectivity index (χ2v) is 7.80. The molecule has 0 N–H and O–H groups in total. The van der Waals surface area contributed by atoms with Crippen LogP contribution in [0.5, 0.6) is 0 Å². The Labute approximate surface area is 116 Å². The van der Waals surface area contributed by atoms with E-state index in [1.54, 1.807) is 0 Å². The highest BCUT2D eigenvalue weighted by atomic mass is 32.2. The topological polar surface area (TPSA) is 61.2 Å². The summed E-state index contributed by atoms with van der Waals surface area (Å²) in [4.78, 5) is 0. The first kappa shape index (κ1) is 15.6. The maximum atomic E-state index is 12.4. The average Bonchev–Trinajstić information content (AvgIpc) is 3.07. The lowest BCUT2D eigenvalue weighted by atomic mass is 9.96. The molecule has 4 nitrogen and oxygen atoms in total. The minimum Gasteiger partial charge on any atom is -0.212 e. The molecule has 1 atom stereocenters. The van der Waals surface area contributed by atoms with Crippen LogP contribution in [-0.4, -0.2) is 37.7 Å². The number of alkyl halides is 3. The van der Waals surface area contributed by atoms with Crippen LogP contribution < -0.4 is 0 Å². The van der Waals surface area contributed by atoms with Gasteiger partial charge in [0.1, 0.15) is 0 Å². The predicted octanol–water partition coefficient (Wildman–Crippen LogP) is 2.28. The Kier molecular flexibility index (Phi) is 4.04. The summed E-state index contributed by atoms with van der Waals surface area (Å²) in [7, 11) is -3.64. The monoisotopic (exact) mass is 310 g/mol. The van der Waals surface area contributed by atoms with Gasteiger partial charge in [-0.15, -0.1) is 0 Å². The highest BCUT2D eigenvalue weighted by Gasteiger charge is 2.48. The maximum absolute atomic E-state index is 12.4. The zero-order chi connectivity index (χ0) is 15.0. The number of sulfonamides is 1. The van der Waals surface area contributed by atoms with E-state index < -0.39 is 34.0 Å². The summed E-state index contributed by atoms with van der Waals surface area (Å²) >= 11 is 0. The minimum absolute atomic E-state index is 0.0800. The van der Waals surface area contributed by atoms with Crippen molar-refractivity contribution in [1.29, 1.82) is 5.26 Å². The molecule has 0 bridgehead atoms. The van der Waals surface area contributed by atoms with Gasteiger partial charge < -0.3 is 0 Å². The van der Waals surface area contributed by atoms with Gasteiger partial charge in [-0.1, -0.05) is 0 Å². The number of halogens is 3. The Balaban J connectivity index is 1.99. The van der Waals surface area contributed by atoms with E-state index in [1.165, 1.54) is 0 Å². The van der Waals surface area contributed by atoms with E-state index in [0.29, 0.717) is 25.7 Å². The SMILES string of the molecule is N#CC1(CS(=O)(=O)N2CCCC(CC(F)(F)F)C2)CC1. The molecule has 2 fully saturated rings. The molecular formula is C12H17F3N2O2S. The van der Waals surface area contributed by atoms with Crippen molar-refractivity contribution in [3.63, 3.8) is 0 Å². The molecule has 1 aliphatic heterocycles. The van der Waals surface area contributed by atoms with Gasteiger partial charge >= 0.3 is 6.18 Å². The third kappa shape index (κ3) is 3.85. The molecule has 1 aliphatic carbocycles. The van der Waals surface area contributed by atoms with Crippen LogP contribution in [0.4, 0.5) is 13.2 Å². The van der Waals surface area contributed by atoms with Crippen molar-refractivity contribution in [1.82, 2.24) is 4.31 Å². The zero-order valence-corrected chi connectivity index (χ0v) is 11.8. The lowest BCUT2D eigenvalue weighted by Gasteiger charge is -2.32. The number of hydrogen-bond acceptors (Lipinski definition) is 3. The lowest BCUT2D eigenvalue weighted by Crippen LogP contribution is -2.43. The summed E-state index contributed by atoms with van der Waals surface area (Å²) in [6.07, 6.45) is -3.25. The molecule has 1 saturated heterocycles. The van der Waals surface area contributed by atoms with Gasteiger partial charge in [-0.2, -0.15) is 18.4 Å². The Hall–Kier alpha value is -0.810. The van der Waals surface area contributed by atoms with E-state index in [2.05, 4.69) is 0 Å². The van der Waals surface area contributed by atoms with Crippen LogP contribution in [0.25, 0.3) is 0 Å². The van der Waals surface area contributed by atoms with E-state index in [-0.39, 0.29) is 18.8 Å². The highest BCUT2D eigenvalue weighted by Crippen LogP contribution is 2.46. The third-order valence-electron chi connectivity index (χ3n) is 3.94. The first-order chi connectivity index (χ1) is 9.16. The van der Waals surface area contributed by atoms with E-state index >= 15 is 0 Å². The number of hydrogen-bond donors (Lipinski definition) is 0. The number of nitriles is 1. The van der Waals surface area contributed by atoms with Crippen LogP contribution >= 0.6 is 0 Å². The molecule has 2 rings (SSSR count). The second-order valence-electron chi connectivity index (χ2n) is 5.83. The van der Waals surface area contributed by atoms with Crippen LogP contribution in [0.3, 0.4) is 0 Å². The maximum Gasteiger partial charge on any atom is 0.389 e. The van der Waals surface area contributed by atoms with Gasteiger partial charge in [0.15, 0.2) is 0 Å². The molecule has 1 saturated carbocycles. The van der Waals surface area contributed by atoms with Crippen molar-refractivity contribution in [3.05, 3.63) is 0 Å². The van der Waals surface area contributed by atoms with Crippen LogP contribution in [0.15, 0.2) is 0 Å². The molecule has 20 heavy (non-hydrogen) atoms. The Morgan fingerprint density at radius 3 is 2.50 bits per heavy atom. The molecule has 0 aromatic rings. The van der Waals surface area contributed by atoms with Crippen LogP contribution in [-0.2, 0) is 10.0 Å². The van der Waals surface area contributed by atoms with Gasteiger partial charge in [0, 0.05) is 19.5 Å². The standard InChI is InChI=1S/C12H17F3N2O2S/c13-12(14,15)6-10-2-1-5-17(7-10)20(18,19)9-11(8-16)3-4-11/h10H,1-7,9H2. The normalized spacial score (nSPS) is 27.0. The van der Waals surface area contributed by atoms with E-state index in [9.17, 15) is 21.6 Å². The van der Waals surface area contributed by atoms with Crippen LogP contribution in [0.2, 0.25) is 0 Å². The van der Waals surface area contributed by atoms with Crippen molar-refractivity contribution in [2.24, 2.45) is 11.3 Å². The predicted molar refractivity (Wildman–Crippen MR) is 66.0 cm³/mol. The van der Waals surface area contributed by atoms with E-state index in [0.717, 1.165) is 4.31 Å². The van der Waals surface area contributed by atoms with Gasteiger partial charge in [-0.3, -0.25) is 0 Å². The summed E-state index contributed by atoms with van der Waals surface area (Å²) < 4.78 is 62.7. The number of rotatable bonds is 4. The van der Waals surface area contributed by atoms with Crippen molar-refractivity contribution in [2.45, 2.75) is 38.3 Å². The zero-order valence-electron chi connectivity index (χ0n) is 11.0. The second kappa shape index (κ2) is 5.19. The van der Waals surface area contributed by atoms with Gasteiger partial charge in [-0.05, 0) is 31.6 Å². The van der Waals surface area contributed by atoms with E-state index in [1.807, 2.05) is 6.07 Å². The quantitative estimate of drug-likeness (QED) is 0.800. The Morgan fingerprint density at radius 1 is 1.35 bits per heavy atom. The molecule has 2 aliphatic rings. The molecule has 114 valence electrons. The minimum atomic E-state index is -4.26. The number of piperidine rings is 1. The van der Waals surface area contributed by atoms with Crippen molar-refractivity contribution in [3.8, 4) is 6.07 Å². The summed E-state index contributed by atoms with van der Waals surface area (Å²) in [6.45, 7) is 0.182. The smallest absolute Gasteiger partial charge is 0.212 e. The summed E-state index contributed by atoms with van der Waals surface area (Å²) in [5, 5.41) is 8.94. The van der Waals surface area contributed by atoms with Crippen molar-refractivity contribution >= 4 is 10.0 Å². The Morgan fingerprint density at radius 2 is 2.00 bits per heavy atom. The first-order valence-corrected chi connectivity index (χ1v) is 8.23. The summed E-state index contributed by atoms with van der Waals surface area (Å²) in [5.74, 6) is -0.925.